The molecular weight excluding hydrogens is 230 g/mol. The number of rotatable bonds is 5. The fraction of sp³-hybridized carbons (Fsp3) is 0.385. The van der Waals surface area contributed by atoms with E-state index in [4.69, 9.17) is 5.11 Å². The maximum atomic E-state index is 11.0. The number of hydrogen-bond donors (Lipinski definition) is 2. The number of hydrogen-bond acceptors (Lipinski definition) is 3. The molecule has 0 radical (unpaired) electrons. The summed E-state index contributed by atoms with van der Waals surface area (Å²) in [5, 5.41) is 12.1. The molecule has 0 aliphatic heterocycles. The fourth-order valence-corrected chi connectivity index (χ4v) is 1.90. The van der Waals surface area contributed by atoms with Crippen LogP contribution in [0.15, 0.2) is 30.6 Å². The molecule has 0 spiro atoms. The van der Waals surface area contributed by atoms with Crippen LogP contribution in [-0.2, 0) is 11.3 Å². The molecule has 0 aromatic carbocycles. The second-order valence-corrected chi connectivity index (χ2v) is 4.64. The summed E-state index contributed by atoms with van der Waals surface area (Å²) in [6.07, 6.45) is 3.82. The number of aliphatic carboxylic acids is 1. The van der Waals surface area contributed by atoms with E-state index in [-0.39, 0.29) is 5.92 Å². The Morgan fingerprint density at radius 2 is 2.28 bits per heavy atom. The molecule has 0 saturated heterocycles. The zero-order valence-electron chi connectivity index (χ0n) is 10.5. The van der Waals surface area contributed by atoms with Crippen molar-refractivity contribution < 1.29 is 9.90 Å². The zero-order valence-corrected chi connectivity index (χ0v) is 10.5. The minimum atomic E-state index is -0.825. The van der Waals surface area contributed by atoms with E-state index in [1.807, 2.05) is 48.8 Å². The van der Waals surface area contributed by atoms with Gasteiger partial charge in [0.15, 0.2) is 0 Å². The maximum absolute atomic E-state index is 11.0. The van der Waals surface area contributed by atoms with Gasteiger partial charge in [0.25, 0.3) is 0 Å². The van der Waals surface area contributed by atoms with Crippen LogP contribution in [0.2, 0.25) is 0 Å². The van der Waals surface area contributed by atoms with Crippen LogP contribution in [-0.4, -0.2) is 26.5 Å². The van der Waals surface area contributed by atoms with Crippen molar-refractivity contribution >= 4 is 11.6 Å². The molecule has 0 fully saturated rings. The summed E-state index contributed by atoms with van der Waals surface area (Å²) in [5.74, 6) is -0.784. The van der Waals surface area contributed by atoms with Gasteiger partial charge >= 0.3 is 5.97 Å². The number of aromatic nitrogens is 2. The highest BCUT2D eigenvalue weighted by Crippen LogP contribution is 2.06. The largest absolute Gasteiger partial charge is 0.480 e. The van der Waals surface area contributed by atoms with E-state index in [0.717, 1.165) is 11.3 Å². The van der Waals surface area contributed by atoms with Gasteiger partial charge < -0.3 is 9.51 Å². The predicted octanol–water partition coefficient (Wildman–Crippen LogP) is 1.53. The number of fused-ring (bicyclic) bond motifs is 1. The van der Waals surface area contributed by atoms with Crippen molar-refractivity contribution in [3.63, 3.8) is 0 Å². The summed E-state index contributed by atoms with van der Waals surface area (Å²) in [4.78, 5) is 15.5. The van der Waals surface area contributed by atoms with Gasteiger partial charge in [-0.25, -0.2) is 4.98 Å². The highest BCUT2D eigenvalue weighted by Gasteiger charge is 2.20. The lowest BCUT2D eigenvalue weighted by Gasteiger charge is -2.16. The first-order chi connectivity index (χ1) is 8.58. The first-order valence-electron chi connectivity index (χ1n) is 5.96. The lowest BCUT2D eigenvalue weighted by molar-refractivity contribution is -0.140. The fourth-order valence-electron chi connectivity index (χ4n) is 1.90. The third kappa shape index (κ3) is 2.68. The van der Waals surface area contributed by atoms with Crippen LogP contribution in [0.4, 0.5) is 0 Å². The Labute approximate surface area is 105 Å². The molecule has 0 aliphatic rings. The van der Waals surface area contributed by atoms with E-state index in [9.17, 15) is 4.79 Å². The summed E-state index contributed by atoms with van der Waals surface area (Å²) >= 11 is 0. The van der Waals surface area contributed by atoms with Gasteiger partial charge in [-0.05, 0) is 18.1 Å². The first-order valence-corrected chi connectivity index (χ1v) is 5.96. The normalized spacial score (nSPS) is 13.1. The zero-order chi connectivity index (χ0) is 13.1. The molecular formula is C13H17N3O2. The molecule has 2 aromatic heterocycles. The number of carboxylic acid groups (broad SMARTS) is 1. The van der Waals surface area contributed by atoms with Gasteiger partial charge in [0.1, 0.15) is 11.7 Å². The molecule has 0 bridgehead atoms. The molecule has 5 heteroatoms. The third-order valence-electron chi connectivity index (χ3n) is 2.85. The second-order valence-electron chi connectivity index (χ2n) is 4.64. The lowest BCUT2D eigenvalue weighted by atomic mass is 10.1. The highest BCUT2D eigenvalue weighted by molar-refractivity contribution is 5.73. The van der Waals surface area contributed by atoms with Gasteiger partial charge in [0, 0.05) is 18.9 Å². The number of carboxylic acids is 1. The minimum Gasteiger partial charge on any atom is -0.480 e. The van der Waals surface area contributed by atoms with Crippen molar-refractivity contribution in [1.82, 2.24) is 14.7 Å². The molecule has 0 amide bonds. The number of nitrogens with one attached hydrogen (secondary N) is 1. The van der Waals surface area contributed by atoms with Crippen LogP contribution in [0.5, 0.6) is 0 Å². The van der Waals surface area contributed by atoms with E-state index >= 15 is 0 Å². The third-order valence-corrected chi connectivity index (χ3v) is 2.85. The Morgan fingerprint density at radius 3 is 2.89 bits per heavy atom. The molecule has 2 N–H and O–H groups in total. The van der Waals surface area contributed by atoms with Crippen molar-refractivity contribution in [3.05, 3.63) is 36.3 Å². The van der Waals surface area contributed by atoms with Crippen LogP contribution >= 0.6 is 0 Å². The van der Waals surface area contributed by atoms with E-state index in [0.29, 0.717) is 6.54 Å². The second kappa shape index (κ2) is 5.18. The van der Waals surface area contributed by atoms with E-state index in [2.05, 4.69) is 10.3 Å². The topological polar surface area (TPSA) is 66.6 Å². The quantitative estimate of drug-likeness (QED) is 0.841. The average molecular weight is 247 g/mol. The molecule has 2 aromatic rings. The van der Waals surface area contributed by atoms with Crippen molar-refractivity contribution in [2.75, 3.05) is 0 Å². The van der Waals surface area contributed by atoms with Crippen molar-refractivity contribution in [2.45, 2.75) is 26.4 Å². The SMILES string of the molecule is CC(C)C(NCc1cn2ccccc2n1)C(=O)O. The smallest absolute Gasteiger partial charge is 0.320 e. The monoisotopic (exact) mass is 247 g/mol. The van der Waals surface area contributed by atoms with Crippen molar-refractivity contribution in [2.24, 2.45) is 5.92 Å². The molecule has 1 atom stereocenters. The minimum absolute atomic E-state index is 0.0412. The van der Waals surface area contributed by atoms with Crippen LogP contribution in [0.1, 0.15) is 19.5 Å². The van der Waals surface area contributed by atoms with Gasteiger partial charge in [0.05, 0.1) is 5.69 Å². The number of pyridine rings is 1. The predicted molar refractivity (Wildman–Crippen MR) is 68.3 cm³/mol. The average Bonchev–Trinajstić information content (AvgIpc) is 2.70. The van der Waals surface area contributed by atoms with Crippen LogP contribution in [0, 0.1) is 5.92 Å². The number of carbonyl (C=O) groups is 1. The van der Waals surface area contributed by atoms with E-state index in [1.54, 1.807) is 0 Å². The summed E-state index contributed by atoms with van der Waals surface area (Å²) in [6, 6.07) is 5.23. The highest BCUT2D eigenvalue weighted by atomic mass is 16.4. The summed E-state index contributed by atoms with van der Waals surface area (Å²) in [6.45, 7) is 4.22. The van der Waals surface area contributed by atoms with Crippen LogP contribution in [0.3, 0.4) is 0 Å². The Morgan fingerprint density at radius 1 is 1.50 bits per heavy atom. The van der Waals surface area contributed by atoms with Gasteiger partial charge in [-0.1, -0.05) is 19.9 Å². The lowest BCUT2D eigenvalue weighted by Crippen LogP contribution is -2.40. The number of nitrogens with zero attached hydrogens (tertiary/aromatic N) is 2. The Balaban J connectivity index is 2.07. The van der Waals surface area contributed by atoms with Gasteiger partial charge in [-0.2, -0.15) is 0 Å². The molecule has 0 aliphatic carbocycles. The Hall–Kier alpha value is -1.88. The molecule has 96 valence electrons. The molecule has 18 heavy (non-hydrogen) atoms. The summed E-state index contributed by atoms with van der Waals surface area (Å²) < 4.78 is 1.92. The molecule has 2 heterocycles. The van der Waals surface area contributed by atoms with E-state index in [1.165, 1.54) is 0 Å². The standard InChI is InChI=1S/C13H17N3O2/c1-9(2)12(13(17)18)14-7-10-8-16-6-4-3-5-11(16)15-10/h3-6,8-9,12,14H,7H2,1-2H3,(H,17,18). The molecule has 0 saturated carbocycles. The van der Waals surface area contributed by atoms with Crippen molar-refractivity contribution in [3.8, 4) is 0 Å². The van der Waals surface area contributed by atoms with Crippen LogP contribution in [0.25, 0.3) is 5.65 Å². The van der Waals surface area contributed by atoms with Crippen LogP contribution < -0.4 is 5.32 Å². The van der Waals surface area contributed by atoms with Gasteiger partial charge in [0.2, 0.25) is 0 Å². The Bertz CT molecular complexity index is 515. The molecule has 5 nitrogen and oxygen atoms in total. The molecule has 2 rings (SSSR count). The van der Waals surface area contributed by atoms with Gasteiger partial charge in [-0.3, -0.25) is 10.1 Å². The maximum Gasteiger partial charge on any atom is 0.320 e. The number of imidazole rings is 1. The van der Waals surface area contributed by atoms with Crippen molar-refractivity contribution in [1.29, 1.82) is 0 Å². The Kier molecular flexibility index (Phi) is 3.62. The summed E-state index contributed by atoms with van der Waals surface area (Å²) in [7, 11) is 0. The first kappa shape index (κ1) is 12.6. The van der Waals surface area contributed by atoms with Gasteiger partial charge in [-0.15, -0.1) is 0 Å². The van der Waals surface area contributed by atoms with E-state index < -0.39 is 12.0 Å². The molecule has 1 unspecified atom stereocenters. The summed E-state index contributed by atoms with van der Waals surface area (Å²) in [5.41, 5.74) is 1.71.